The van der Waals surface area contributed by atoms with Crippen molar-refractivity contribution in [1.82, 2.24) is 10.6 Å². The molecule has 2 rings (SSSR count). The van der Waals surface area contributed by atoms with Crippen LogP contribution in [0.5, 0.6) is 0 Å². The molecular weight excluding hydrogens is 280 g/mol. The number of hydrogen-bond acceptors (Lipinski definition) is 4. The van der Waals surface area contributed by atoms with Crippen LogP contribution in [0.2, 0.25) is 0 Å². The molecule has 1 aromatic heterocycles. The van der Waals surface area contributed by atoms with Crippen molar-refractivity contribution in [2.45, 2.75) is 25.8 Å². The lowest BCUT2D eigenvalue weighted by Gasteiger charge is -2.16. The van der Waals surface area contributed by atoms with E-state index in [1.54, 1.807) is 24.4 Å². The van der Waals surface area contributed by atoms with E-state index in [0.29, 0.717) is 17.7 Å². The fourth-order valence-electron chi connectivity index (χ4n) is 1.77. The minimum Gasteiger partial charge on any atom is -0.481 e. The van der Waals surface area contributed by atoms with E-state index < -0.39 is 17.4 Å². The summed E-state index contributed by atoms with van der Waals surface area (Å²) in [5, 5.41) is 16.0. The van der Waals surface area contributed by atoms with Crippen LogP contribution in [-0.4, -0.2) is 35.5 Å². The number of carboxylic acid groups (broad SMARTS) is 1. The Morgan fingerprint density at radius 3 is 2.65 bits per heavy atom. The molecule has 0 saturated heterocycles. The van der Waals surface area contributed by atoms with Crippen LogP contribution in [0.25, 0.3) is 0 Å². The van der Waals surface area contributed by atoms with Gasteiger partial charge in [0, 0.05) is 6.54 Å². The summed E-state index contributed by atoms with van der Waals surface area (Å²) in [6.07, 6.45) is 1.16. The third kappa shape index (κ3) is 3.16. The number of carbonyl (C=O) groups is 3. The molecule has 3 N–H and O–H groups in total. The molecule has 0 aromatic carbocycles. The maximum atomic E-state index is 11.8. The van der Waals surface area contributed by atoms with E-state index in [-0.39, 0.29) is 18.4 Å². The van der Waals surface area contributed by atoms with Crippen molar-refractivity contribution in [2.75, 3.05) is 6.54 Å². The molecule has 6 nitrogen and oxygen atoms in total. The van der Waals surface area contributed by atoms with Gasteiger partial charge in [-0.2, -0.15) is 0 Å². The first-order chi connectivity index (χ1) is 9.44. The second-order valence-corrected chi connectivity index (χ2v) is 5.92. The van der Waals surface area contributed by atoms with Crippen LogP contribution in [0, 0.1) is 5.41 Å². The number of thiophene rings is 1. The van der Waals surface area contributed by atoms with Crippen LogP contribution >= 0.6 is 11.3 Å². The predicted octanol–water partition coefficient (Wildman–Crippen LogP) is 0.847. The number of nitrogens with one attached hydrogen (secondary N) is 2. The van der Waals surface area contributed by atoms with Gasteiger partial charge < -0.3 is 15.7 Å². The van der Waals surface area contributed by atoms with Gasteiger partial charge in [0.25, 0.3) is 5.91 Å². The molecule has 1 fully saturated rings. The minimum absolute atomic E-state index is 0.111. The van der Waals surface area contributed by atoms with Crippen molar-refractivity contribution in [3.8, 4) is 0 Å². The molecule has 1 aliphatic carbocycles. The van der Waals surface area contributed by atoms with Gasteiger partial charge in [0.15, 0.2) is 0 Å². The number of carbonyl (C=O) groups excluding carboxylic acids is 2. The van der Waals surface area contributed by atoms with E-state index in [1.165, 1.54) is 11.3 Å². The fraction of sp³-hybridized carbons (Fsp3) is 0.462. The summed E-state index contributed by atoms with van der Waals surface area (Å²) in [6, 6.07) is 2.73. The summed E-state index contributed by atoms with van der Waals surface area (Å²) in [5.74, 6) is -1.56. The number of carboxylic acids is 1. The van der Waals surface area contributed by atoms with Gasteiger partial charge in [0.2, 0.25) is 5.91 Å². The molecule has 20 heavy (non-hydrogen) atoms. The van der Waals surface area contributed by atoms with Crippen molar-refractivity contribution < 1.29 is 19.5 Å². The molecule has 2 amide bonds. The highest BCUT2D eigenvalue weighted by Gasteiger charge is 2.50. The standard InChI is InChI=1S/C13H16N2O4S/c1-8(15-11(17)9-3-2-6-20-9)10(16)14-7-13(4-5-13)12(18)19/h2-3,6,8H,4-5,7H2,1H3,(H,14,16)(H,15,17)(H,18,19). The molecule has 1 atom stereocenters. The van der Waals surface area contributed by atoms with Gasteiger partial charge in [-0.05, 0) is 31.2 Å². The van der Waals surface area contributed by atoms with Gasteiger partial charge in [-0.1, -0.05) is 6.07 Å². The highest BCUT2D eigenvalue weighted by Crippen LogP contribution is 2.45. The first kappa shape index (κ1) is 14.5. The Morgan fingerprint density at radius 1 is 1.45 bits per heavy atom. The fourth-order valence-corrected chi connectivity index (χ4v) is 2.39. The third-order valence-corrected chi connectivity index (χ3v) is 4.26. The van der Waals surface area contributed by atoms with E-state index in [0.717, 1.165) is 0 Å². The zero-order chi connectivity index (χ0) is 14.8. The second kappa shape index (κ2) is 5.62. The quantitative estimate of drug-likeness (QED) is 0.725. The summed E-state index contributed by atoms with van der Waals surface area (Å²) in [6.45, 7) is 1.68. The van der Waals surface area contributed by atoms with Crippen molar-refractivity contribution in [3.63, 3.8) is 0 Å². The highest BCUT2D eigenvalue weighted by molar-refractivity contribution is 7.12. The van der Waals surface area contributed by atoms with Crippen molar-refractivity contribution in [2.24, 2.45) is 5.41 Å². The third-order valence-electron chi connectivity index (χ3n) is 3.39. The highest BCUT2D eigenvalue weighted by atomic mass is 32.1. The predicted molar refractivity (Wildman–Crippen MR) is 73.6 cm³/mol. The molecule has 0 aliphatic heterocycles. The lowest BCUT2D eigenvalue weighted by Crippen LogP contribution is -2.46. The Kier molecular flexibility index (Phi) is 4.08. The SMILES string of the molecule is CC(NC(=O)c1cccs1)C(=O)NCC1(C(=O)O)CC1. The van der Waals surface area contributed by atoms with Gasteiger partial charge in [0.05, 0.1) is 10.3 Å². The van der Waals surface area contributed by atoms with Gasteiger partial charge in [-0.3, -0.25) is 14.4 Å². The van der Waals surface area contributed by atoms with E-state index in [2.05, 4.69) is 10.6 Å². The van der Waals surface area contributed by atoms with Crippen LogP contribution in [-0.2, 0) is 9.59 Å². The number of hydrogen-bond donors (Lipinski definition) is 3. The maximum absolute atomic E-state index is 11.8. The molecular formula is C13H16N2O4S. The summed E-state index contributed by atoms with van der Waals surface area (Å²) < 4.78 is 0. The van der Waals surface area contributed by atoms with Gasteiger partial charge in [0.1, 0.15) is 6.04 Å². The number of amides is 2. The maximum Gasteiger partial charge on any atom is 0.311 e. The Morgan fingerprint density at radius 2 is 2.15 bits per heavy atom. The first-order valence-electron chi connectivity index (χ1n) is 6.30. The molecule has 108 valence electrons. The summed E-state index contributed by atoms with van der Waals surface area (Å²) in [4.78, 5) is 35.1. The van der Waals surface area contributed by atoms with Gasteiger partial charge in [-0.15, -0.1) is 11.3 Å². The average Bonchev–Trinajstić information content (AvgIpc) is 3.00. The molecule has 0 radical (unpaired) electrons. The Hall–Kier alpha value is -1.89. The Bertz CT molecular complexity index is 522. The Balaban J connectivity index is 1.81. The van der Waals surface area contributed by atoms with Crippen LogP contribution < -0.4 is 10.6 Å². The number of aliphatic carboxylic acids is 1. The van der Waals surface area contributed by atoms with Crippen molar-refractivity contribution >= 4 is 29.1 Å². The average molecular weight is 296 g/mol. The van der Waals surface area contributed by atoms with E-state index >= 15 is 0 Å². The summed E-state index contributed by atoms with van der Waals surface area (Å²) >= 11 is 1.29. The lowest BCUT2D eigenvalue weighted by molar-refractivity contribution is -0.143. The topological polar surface area (TPSA) is 95.5 Å². The molecule has 1 aliphatic rings. The smallest absolute Gasteiger partial charge is 0.311 e. The summed E-state index contributed by atoms with van der Waals surface area (Å²) in [5.41, 5.74) is -0.798. The van der Waals surface area contributed by atoms with Gasteiger partial charge in [-0.25, -0.2) is 0 Å². The minimum atomic E-state index is -0.881. The van der Waals surface area contributed by atoms with E-state index in [4.69, 9.17) is 5.11 Å². The molecule has 0 spiro atoms. The normalized spacial score (nSPS) is 17.1. The zero-order valence-electron chi connectivity index (χ0n) is 11.0. The van der Waals surface area contributed by atoms with Crippen LogP contribution in [0.15, 0.2) is 17.5 Å². The van der Waals surface area contributed by atoms with Crippen molar-refractivity contribution in [1.29, 1.82) is 0 Å². The monoisotopic (exact) mass is 296 g/mol. The van der Waals surface area contributed by atoms with Crippen LogP contribution in [0.3, 0.4) is 0 Å². The molecule has 1 aromatic rings. The molecule has 0 bridgehead atoms. The number of rotatable bonds is 6. The largest absolute Gasteiger partial charge is 0.481 e. The molecule has 7 heteroatoms. The van der Waals surface area contributed by atoms with Crippen LogP contribution in [0.4, 0.5) is 0 Å². The lowest BCUT2D eigenvalue weighted by atomic mass is 10.1. The Labute approximate surface area is 120 Å². The second-order valence-electron chi connectivity index (χ2n) is 4.98. The zero-order valence-corrected chi connectivity index (χ0v) is 11.8. The molecule has 1 saturated carbocycles. The van der Waals surface area contributed by atoms with Gasteiger partial charge >= 0.3 is 5.97 Å². The summed E-state index contributed by atoms with van der Waals surface area (Å²) in [7, 11) is 0. The van der Waals surface area contributed by atoms with E-state index in [1.807, 2.05) is 0 Å². The van der Waals surface area contributed by atoms with Crippen LogP contribution in [0.1, 0.15) is 29.4 Å². The first-order valence-corrected chi connectivity index (χ1v) is 7.18. The van der Waals surface area contributed by atoms with Crippen molar-refractivity contribution in [3.05, 3.63) is 22.4 Å². The molecule has 1 unspecified atom stereocenters. The van der Waals surface area contributed by atoms with E-state index in [9.17, 15) is 14.4 Å². The molecule has 1 heterocycles.